The fraction of sp³-hybridized carbons (Fsp3) is 0.562. The van der Waals surface area contributed by atoms with Gasteiger partial charge in [0.25, 0.3) is 0 Å². The molecular formula is C16H22FNO2. The van der Waals surface area contributed by atoms with E-state index in [2.05, 4.69) is 5.32 Å². The SMILES string of the molecule is CC(C)(C)OC(=O)NC1CC(Cc2ccccc2F)C1. The van der Waals surface area contributed by atoms with Gasteiger partial charge in [-0.1, -0.05) is 18.2 Å². The molecule has 1 saturated carbocycles. The van der Waals surface area contributed by atoms with Gasteiger partial charge in [-0.25, -0.2) is 9.18 Å². The van der Waals surface area contributed by atoms with Gasteiger partial charge in [-0.3, -0.25) is 0 Å². The maximum atomic E-state index is 13.5. The number of hydrogen-bond acceptors (Lipinski definition) is 2. The summed E-state index contributed by atoms with van der Waals surface area (Å²) in [4.78, 5) is 11.6. The zero-order chi connectivity index (χ0) is 14.8. The first-order valence-corrected chi connectivity index (χ1v) is 7.06. The highest BCUT2D eigenvalue weighted by Gasteiger charge is 2.31. The van der Waals surface area contributed by atoms with Crippen molar-refractivity contribution in [3.8, 4) is 0 Å². The van der Waals surface area contributed by atoms with Crippen LogP contribution in [0.2, 0.25) is 0 Å². The highest BCUT2D eigenvalue weighted by Crippen LogP contribution is 2.31. The van der Waals surface area contributed by atoms with Crippen molar-refractivity contribution in [2.75, 3.05) is 0 Å². The molecule has 0 unspecified atom stereocenters. The van der Waals surface area contributed by atoms with Crippen molar-refractivity contribution < 1.29 is 13.9 Å². The van der Waals surface area contributed by atoms with E-state index in [1.54, 1.807) is 6.07 Å². The Labute approximate surface area is 119 Å². The Morgan fingerprint density at radius 2 is 2.00 bits per heavy atom. The molecule has 4 heteroatoms. The van der Waals surface area contributed by atoms with E-state index in [1.807, 2.05) is 32.9 Å². The van der Waals surface area contributed by atoms with Crippen LogP contribution in [-0.4, -0.2) is 17.7 Å². The van der Waals surface area contributed by atoms with Crippen molar-refractivity contribution in [3.05, 3.63) is 35.6 Å². The highest BCUT2D eigenvalue weighted by atomic mass is 19.1. The van der Waals surface area contributed by atoms with Crippen LogP contribution in [0, 0.1) is 11.7 Å². The second-order valence-electron chi connectivity index (χ2n) is 6.48. The molecule has 0 atom stereocenters. The molecule has 110 valence electrons. The molecule has 20 heavy (non-hydrogen) atoms. The molecule has 1 aliphatic carbocycles. The van der Waals surface area contributed by atoms with Gasteiger partial charge in [0.1, 0.15) is 11.4 Å². The van der Waals surface area contributed by atoms with Crippen LogP contribution in [0.3, 0.4) is 0 Å². The Balaban J connectivity index is 1.73. The van der Waals surface area contributed by atoms with E-state index in [0.717, 1.165) is 24.8 Å². The van der Waals surface area contributed by atoms with E-state index < -0.39 is 5.60 Å². The molecule has 0 heterocycles. The van der Waals surface area contributed by atoms with Crippen LogP contribution in [0.4, 0.5) is 9.18 Å². The second-order valence-corrected chi connectivity index (χ2v) is 6.48. The summed E-state index contributed by atoms with van der Waals surface area (Å²) in [6.07, 6.45) is 2.13. The monoisotopic (exact) mass is 279 g/mol. The lowest BCUT2D eigenvalue weighted by Crippen LogP contribution is -2.46. The van der Waals surface area contributed by atoms with Crippen molar-refractivity contribution >= 4 is 6.09 Å². The molecule has 0 bridgehead atoms. The van der Waals surface area contributed by atoms with Gasteiger partial charge in [-0.2, -0.15) is 0 Å². The number of hydrogen-bond donors (Lipinski definition) is 1. The number of alkyl carbamates (subject to hydrolysis) is 1. The fourth-order valence-electron chi connectivity index (χ4n) is 2.47. The summed E-state index contributed by atoms with van der Waals surface area (Å²) < 4.78 is 18.7. The van der Waals surface area contributed by atoms with Crippen LogP contribution < -0.4 is 5.32 Å². The van der Waals surface area contributed by atoms with Crippen LogP contribution in [0.25, 0.3) is 0 Å². The zero-order valence-corrected chi connectivity index (χ0v) is 12.3. The molecule has 1 fully saturated rings. The molecule has 1 aliphatic rings. The lowest BCUT2D eigenvalue weighted by Gasteiger charge is -2.36. The average molecular weight is 279 g/mol. The Kier molecular flexibility index (Phi) is 4.31. The minimum Gasteiger partial charge on any atom is -0.444 e. The number of benzene rings is 1. The molecule has 3 nitrogen and oxygen atoms in total. The van der Waals surface area contributed by atoms with Gasteiger partial charge in [-0.05, 0) is 57.6 Å². The van der Waals surface area contributed by atoms with Crippen molar-refractivity contribution in [1.82, 2.24) is 5.32 Å². The average Bonchev–Trinajstić information content (AvgIpc) is 2.26. The smallest absolute Gasteiger partial charge is 0.407 e. The van der Waals surface area contributed by atoms with E-state index in [9.17, 15) is 9.18 Å². The lowest BCUT2D eigenvalue weighted by molar-refractivity contribution is 0.0452. The maximum absolute atomic E-state index is 13.5. The third-order valence-corrected chi connectivity index (χ3v) is 3.42. The number of nitrogens with one attached hydrogen (secondary N) is 1. The van der Waals surface area contributed by atoms with E-state index >= 15 is 0 Å². The minimum atomic E-state index is -0.472. The Bertz CT molecular complexity index is 476. The van der Waals surface area contributed by atoms with Crippen LogP contribution in [-0.2, 0) is 11.2 Å². The van der Waals surface area contributed by atoms with E-state index in [0.29, 0.717) is 5.92 Å². The predicted molar refractivity (Wildman–Crippen MR) is 76.0 cm³/mol. The molecule has 1 N–H and O–H groups in total. The molecular weight excluding hydrogens is 257 g/mol. The summed E-state index contributed by atoms with van der Waals surface area (Å²) in [6, 6.07) is 7.02. The van der Waals surface area contributed by atoms with Crippen molar-refractivity contribution in [3.63, 3.8) is 0 Å². The number of amides is 1. The second kappa shape index (κ2) is 5.81. The topological polar surface area (TPSA) is 38.3 Å². The molecule has 0 saturated heterocycles. The Morgan fingerprint density at radius 3 is 2.60 bits per heavy atom. The van der Waals surface area contributed by atoms with Crippen LogP contribution in [0.15, 0.2) is 24.3 Å². The first-order valence-electron chi connectivity index (χ1n) is 7.06. The predicted octanol–water partition coefficient (Wildman–Crippen LogP) is 3.67. The van der Waals surface area contributed by atoms with Gasteiger partial charge >= 0.3 is 6.09 Å². The van der Waals surface area contributed by atoms with Gasteiger partial charge in [0.15, 0.2) is 0 Å². The standard InChI is InChI=1S/C16H22FNO2/c1-16(2,3)20-15(19)18-13-9-11(10-13)8-12-6-4-5-7-14(12)17/h4-7,11,13H,8-10H2,1-3H3,(H,18,19). The van der Waals surface area contributed by atoms with Gasteiger partial charge in [0, 0.05) is 6.04 Å². The number of halogens is 1. The number of carbonyl (C=O) groups is 1. The molecule has 2 rings (SSSR count). The van der Waals surface area contributed by atoms with Crippen LogP contribution >= 0.6 is 0 Å². The summed E-state index contributed by atoms with van der Waals surface area (Å²) in [5.74, 6) is 0.294. The first-order chi connectivity index (χ1) is 9.33. The third-order valence-electron chi connectivity index (χ3n) is 3.42. The fourth-order valence-corrected chi connectivity index (χ4v) is 2.47. The van der Waals surface area contributed by atoms with Gasteiger partial charge < -0.3 is 10.1 Å². The van der Waals surface area contributed by atoms with Gasteiger partial charge in [-0.15, -0.1) is 0 Å². The summed E-state index contributed by atoms with van der Waals surface area (Å²) in [7, 11) is 0. The summed E-state index contributed by atoms with van der Waals surface area (Å²) in [5.41, 5.74) is 0.286. The first kappa shape index (κ1) is 14.8. The summed E-state index contributed by atoms with van der Waals surface area (Å²) in [5, 5.41) is 2.85. The molecule has 1 aromatic carbocycles. The molecule has 1 amide bonds. The van der Waals surface area contributed by atoms with Gasteiger partial charge in [0.2, 0.25) is 0 Å². The van der Waals surface area contributed by atoms with Crippen LogP contribution in [0.5, 0.6) is 0 Å². The van der Waals surface area contributed by atoms with Crippen molar-refractivity contribution in [2.45, 2.75) is 51.7 Å². The van der Waals surface area contributed by atoms with Gasteiger partial charge in [0.05, 0.1) is 0 Å². The normalized spacial score (nSPS) is 22.0. The molecule has 0 aromatic heterocycles. The quantitative estimate of drug-likeness (QED) is 0.916. The van der Waals surface area contributed by atoms with E-state index in [1.165, 1.54) is 6.07 Å². The Hall–Kier alpha value is -1.58. The lowest BCUT2D eigenvalue weighted by atomic mass is 9.76. The maximum Gasteiger partial charge on any atom is 0.407 e. The largest absolute Gasteiger partial charge is 0.444 e. The zero-order valence-electron chi connectivity index (χ0n) is 12.3. The summed E-state index contributed by atoms with van der Waals surface area (Å²) in [6.45, 7) is 5.52. The van der Waals surface area contributed by atoms with Crippen molar-refractivity contribution in [2.24, 2.45) is 5.92 Å². The van der Waals surface area contributed by atoms with E-state index in [-0.39, 0.29) is 18.0 Å². The van der Waals surface area contributed by atoms with E-state index in [4.69, 9.17) is 4.74 Å². The highest BCUT2D eigenvalue weighted by molar-refractivity contribution is 5.68. The van der Waals surface area contributed by atoms with Crippen LogP contribution in [0.1, 0.15) is 39.2 Å². The van der Waals surface area contributed by atoms with Crippen molar-refractivity contribution in [1.29, 1.82) is 0 Å². The molecule has 0 radical (unpaired) electrons. The minimum absolute atomic E-state index is 0.143. The molecule has 0 aliphatic heterocycles. The Morgan fingerprint density at radius 1 is 1.35 bits per heavy atom. The molecule has 0 spiro atoms. The number of carbonyl (C=O) groups excluding carboxylic acids is 1. The number of ether oxygens (including phenoxy) is 1. The number of rotatable bonds is 3. The third kappa shape index (κ3) is 4.22. The summed E-state index contributed by atoms with van der Waals surface area (Å²) >= 11 is 0. The molecule has 1 aromatic rings.